The number of hydrogen-bond donors (Lipinski definition) is 1. The van der Waals surface area contributed by atoms with Gasteiger partial charge in [-0.1, -0.05) is 11.8 Å². The number of esters is 1. The van der Waals surface area contributed by atoms with Crippen LogP contribution in [0.15, 0.2) is 53.5 Å². The van der Waals surface area contributed by atoms with Gasteiger partial charge in [0.05, 0.1) is 25.5 Å². The number of ether oxygens (including phenoxy) is 2. The average Bonchev–Trinajstić information content (AvgIpc) is 2.77. The fourth-order valence-corrected chi connectivity index (χ4v) is 3.76. The lowest BCUT2D eigenvalue weighted by Gasteiger charge is -2.28. The number of amides is 2. The zero-order valence-corrected chi connectivity index (χ0v) is 17.6. The molecule has 1 N–H and O–H groups in total. The highest BCUT2D eigenvalue weighted by Gasteiger charge is 2.34. The summed E-state index contributed by atoms with van der Waals surface area (Å²) in [6.45, 7) is 0. The van der Waals surface area contributed by atoms with Crippen molar-refractivity contribution < 1.29 is 23.9 Å². The maximum atomic E-state index is 12.7. The van der Waals surface area contributed by atoms with Crippen molar-refractivity contribution >= 4 is 46.1 Å². The molecule has 1 atom stereocenters. The molecule has 1 aliphatic heterocycles. The Morgan fingerprint density at radius 2 is 1.77 bits per heavy atom. The van der Waals surface area contributed by atoms with Gasteiger partial charge in [-0.05, 0) is 48.5 Å². The molecule has 1 saturated heterocycles. The fourth-order valence-electron chi connectivity index (χ4n) is 2.70. The van der Waals surface area contributed by atoms with E-state index in [9.17, 15) is 14.4 Å². The molecule has 0 aromatic heterocycles. The molecule has 0 unspecified atom stereocenters. The van der Waals surface area contributed by atoms with Crippen LogP contribution in [-0.4, -0.2) is 54.4 Å². The number of nitrogens with one attached hydrogen (secondary N) is 1. The van der Waals surface area contributed by atoms with Gasteiger partial charge in [0.15, 0.2) is 5.17 Å². The highest BCUT2D eigenvalue weighted by Crippen LogP contribution is 2.29. The summed E-state index contributed by atoms with van der Waals surface area (Å²) in [6, 6.07) is 13.4. The van der Waals surface area contributed by atoms with Gasteiger partial charge in [-0.15, -0.1) is 0 Å². The average molecular weight is 427 g/mol. The van der Waals surface area contributed by atoms with Crippen molar-refractivity contribution in [3.8, 4) is 5.75 Å². The van der Waals surface area contributed by atoms with E-state index in [1.165, 1.54) is 23.8 Å². The topological polar surface area (TPSA) is 97.3 Å². The van der Waals surface area contributed by atoms with Gasteiger partial charge in [0.25, 0.3) is 0 Å². The van der Waals surface area contributed by atoms with E-state index < -0.39 is 11.2 Å². The molecule has 0 radical (unpaired) electrons. The number of aliphatic imine (C=N–C) groups is 1. The largest absolute Gasteiger partial charge is 0.497 e. The second-order valence-electron chi connectivity index (χ2n) is 6.41. The lowest BCUT2D eigenvalue weighted by molar-refractivity contribution is -0.128. The van der Waals surface area contributed by atoms with Crippen molar-refractivity contribution in [1.82, 2.24) is 4.90 Å². The van der Waals surface area contributed by atoms with E-state index in [2.05, 4.69) is 15.0 Å². The normalized spacial score (nSPS) is 17.6. The van der Waals surface area contributed by atoms with E-state index in [4.69, 9.17) is 4.74 Å². The summed E-state index contributed by atoms with van der Waals surface area (Å²) >= 11 is 1.21. The summed E-state index contributed by atoms with van der Waals surface area (Å²) in [4.78, 5) is 42.5. The van der Waals surface area contributed by atoms with E-state index in [-0.39, 0.29) is 18.2 Å². The van der Waals surface area contributed by atoms with Crippen LogP contribution in [-0.2, 0) is 14.3 Å². The van der Waals surface area contributed by atoms with E-state index in [0.717, 1.165) is 0 Å². The zero-order chi connectivity index (χ0) is 21.7. The first-order valence-corrected chi connectivity index (χ1v) is 9.94. The first-order chi connectivity index (χ1) is 14.4. The van der Waals surface area contributed by atoms with Crippen LogP contribution in [0.1, 0.15) is 16.8 Å². The summed E-state index contributed by atoms with van der Waals surface area (Å²) < 4.78 is 9.78. The van der Waals surface area contributed by atoms with Gasteiger partial charge in [-0.2, -0.15) is 0 Å². The number of carbonyl (C=O) groups is 3. The molecule has 9 heteroatoms. The molecular formula is C21H21N3O5S. The van der Waals surface area contributed by atoms with Gasteiger partial charge in [0.1, 0.15) is 11.0 Å². The SMILES string of the molecule is COC(=O)c1ccc(N=C2S[C@H](C(=O)Nc3ccc(OC)cc3)CC(=O)N2C)cc1. The molecule has 1 fully saturated rings. The van der Waals surface area contributed by atoms with Crippen molar-refractivity contribution in [2.45, 2.75) is 11.7 Å². The zero-order valence-electron chi connectivity index (χ0n) is 16.7. The van der Waals surface area contributed by atoms with E-state index >= 15 is 0 Å². The first kappa shape index (κ1) is 21.4. The Hall–Kier alpha value is -3.33. The lowest BCUT2D eigenvalue weighted by Crippen LogP contribution is -2.43. The van der Waals surface area contributed by atoms with Crippen molar-refractivity contribution in [2.75, 3.05) is 26.6 Å². The molecule has 2 aromatic rings. The van der Waals surface area contributed by atoms with Crippen LogP contribution < -0.4 is 10.1 Å². The third-order valence-corrected chi connectivity index (χ3v) is 5.67. The highest BCUT2D eigenvalue weighted by molar-refractivity contribution is 8.15. The molecule has 2 amide bonds. The number of hydrogen-bond acceptors (Lipinski definition) is 7. The molecule has 1 heterocycles. The summed E-state index contributed by atoms with van der Waals surface area (Å²) in [5, 5.41) is 2.62. The molecule has 0 saturated carbocycles. The second kappa shape index (κ2) is 9.45. The summed E-state index contributed by atoms with van der Waals surface area (Å²) in [7, 11) is 4.50. The third-order valence-electron chi connectivity index (χ3n) is 4.43. The Morgan fingerprint density at radius 1 is 1.10 bits per heavy atom. The van der Waals surface area contributed by atoms with Crippen LogP contribution in [0, 0.1) is 0 Å². The minimum atomic E-state index is -0.608. The van der Waals surface area contributed by atoms with Gasteiger partial charge in [-0.25, -0.2) is 9.79 Å². The van der Waals surface area contributed by atoms with Gasteiger partial charge in [0, 0.05) is 19.2 Å². The summed E-state index contributed by atoms with van der Waals surface area (Å²) in [6.07, 6.45) is 0.0729. The van der Waals surface area contributed by atoms with E-state index in [1.54, 1.807) is 62.7 Å². The van der Waals surface area contributed by atoms with Crippen molar-refractivity contribution in [3.05, 3.63) is 54.1 Å². The Balaban J connectivity index is 1.74. The molecule has 8 nitrogen and oxygen atoms in total. The number of anilines is 1. The van der Waals surface area contributed by atoms with Gasteiger partial charge in [0.2, 0.25) is 11.8 Å². The van der Waals surface area contributed by atoms with Crippen LogP contribution in [0.4, 0.5) is 11.4 Å². The predicted octanol–water partition coefficient (Wildman–Crippen LogP) is 3.07. The maximum absolute atomic E-state index is 12.7. The Morgan fingerprint density at radius 3 is 2.37 bits per heavy atom. The maximum Gasteiger partial charge on any atom is 0.337 e. The number of nitrogens with zero attached hydrogens (tertiary/aromatic N) is 2. The number of methoxy groups -OCH3 is 2. The molecule has 2 aromatic carbocycles. The number of carbonyl (C=O) groups excluding carboxylic acids is 3. The molecule has 3 rings (SSSR count). The van der Waals surface area contributed by atoms with Crippen molar-refractivity contribution in [1.29, 1.82) is 0 Å². The molecular weight excluding hydrogens is 406 g/mol. The second-order valence-corrected chi connectivity index (χ2v) is 7.58. The molecule has 156 valence electrons. The number of rotatable bonds is 5. The fraction of sp³-hybridized carbons (Fsp3) is 0.238. The smallest absolute Gasteiger partial charge is 0.337 e. The minimum Gasteiger partial charge on any atom is -0.497 e. The van der Waals surface area contributed by atoms with E-state index in [0.29, 0.717) is 27.9 Å². The van der Waals surface area contributed by atoms with Crippen molar-refractivity contribution in [2.24, 2.45) is 4.99 Å². The number of amidine groups is 1. The lowest BCUT2D eigenvalue weighted by atomic mass is 10.2. The molecule has 0 aliphatic carbocycles. The molecule has 0 bridgehead atoms. The monoisotopic (exact) mass is 427 g/mol. The minimum absolute atomic E-state index is 0.0729. The van der Waals surface area contributed by atoms with Crippen molar-refractivity contribution in [3.63, 3.8) is 0 Å². The van der Waals surface area contributed by atoms with Gasteiger partial charge < -0.3 is 14.8 Å². The van der Waals surface area contributed by atoms with Crippen LogP contribution in [0.2, 0.25) is 0 Å². The number of thioether (sulfide) groups is 1. The van der Waals surface area contributed by atoms with Crippen LogP contribution >= 0.6 is 11.8 Å². The summed E-state index contributed by atoms with van der Waals surface area (Å²) in [5.74, 6) is -0.234. The first-order valence-electron chi connectivity index (χ1n) is 9.06. The summed E-state index contributed by atoms with van der Waals surface area (Å²) in [5.41, 5.74) is 1.57. The Kier molecular flexibility index (Phi) is 6.73. The Bertz CT molecular complexity index is 973. The quantitative estimate of drug-likeness (QED) is 0.737. The number of benzene rings is 2. The standard InChI is InChI=1S/C21H21N3O5S/c1-24-18(25)12-17(19(26)22-14-8-10-16(28-2)11-9-14)30-21(24)23-15-6-4-13(5-7-15)20(27)29-3/h4-11,17H,12H2,1-3H3,(H,22,26)/t17-/m0/s1. The van der Waals surface area contributed by atoms with Gasteiger partial charge >= 0.3 is 5.97 Å². The molecule has 1 aliphatic rings. The third kappa shape index (κ3) is 4.98. The Labute approximate surface area is 178 Å². The molecule has 0 spiro atoms. The van der Waals surface area contributed by atoms with E-state index in [1.807, 2.05) is 0 Å². The predicted molar refractivity (Wildman–Crippen MR) is 115 cm³/mol. The van der Waals surface area contributed by atoms with Crippen LogP contribution in [0.3, 0.4) is 0 Å². The van der Waals surface area contributed by atoms with Gasteiger partial charge in [-0.3, -0.25) is 14.5 Å². The van der Waals surface area contributed by atoms with Crippen LogP contribution in [0.5, 0.6) is 5.75 Å². The highest BCUT2D eigenvalue weighted by atomic mass is 32.2. The van der Waals surface area contributed by atoms with Crippen LogP contribution in [0.25, 0.3) is 0 Å². The molecule has 30 heavy (non-hydrogen) atoms.